The van der Waals surface area contributed by atoms with Crippen LogP contribution in [0.4, 0.5) is 5.69 Å². The summed E-state index contributed by atoms with van der Waals surface area (Å²) < 4.78 is 1.32. The van der Waals surface area contributed by atoms with Crippen LogP contribution in [-0.2, 0) is 11.3 Å². The number of rotatable bonds is 5. The highest BCUT2D eigenvalue weighted by Gasteiger charge is 2.27. The van der Waals surface area contributed by atoms with Gasteiger partial charge in [-0.05, 0) is 44.4 Å². The molecular weight excluding hydrogens is 380 g/mol. The fraction of sp³-hybridized carbons (Fsp3) is 0.550. The van der Waals surface area contributed by atoms with Gasteiger partial charge < -0.3 is 15.3 Å². The maximum absolute atomic E-state index is 12.8. The predicted octanol–water partition coefficient (Wildman–Crippen LogP) is 1.72. The van der Waals surface area contributed by atoms with Crippen molar-refractivity contribution in [2.45, 2.75) is 50.8 Å². The van der Waals surface area contributed by atoms with Crippen LogP contribution in [0.25, 0.3) is 10.9 Å². The molecule has 2 aromatic rings. The molecule has 4 rings (SSSR count). The number of anilines is 1. The minimum absolute atomic E-state index is 0.0574. The molecule has 1 aromatic carbocycles. The minimum atomic E-state index is -0.512. The molecule has 2 fully saturated rings. The topological polar surface area (TPSA) is 87.5 Å². The molecule has 0 spiro atoms. The van der Waals surface area contributed by atoms with E-state index in [0.29, 0.717) is 28.9 Å². The zero-order valence-corrected chi connectivity index (χ0v) is 16.5. The molecule has 2 saturated heterocycles. The van der Waals surface area contributed by atoms with E-state index < -0.39 is 6.10 Å². The van der Waals surface area contributed by atoms with Crippen molar-refractivity contribution in [3.05, 3.63) is 33.8 Å². The van der Waals surface area contributed by atoms with E-state index in [2.05, 4.69) is 15.2 Å². The number of nitrogens with zero attached hydrogens (tertiary/aromatic N) is 3. The first-order valence-electron chi connectivity index (χ1n) is 9.90. The molecule has 150 valence electrons. The molecule has 2 aliphatic rings. The van der Waals surface area contributed by atoms with Crippen LogP contribution >= 0.6 is 11.6 Å². The van der Waals surface area contributed by atoms with Crippen LogP contribution in [0.5, 0.6) is 0 Å². The van der Waals surface area contributed by atoms with Gasteiger partial charge in [0, 0.05) is 25.6 Å². The molecule has 28 heavy (non-hydrogen) atoms. The lowest BCUT2D eigenvalue weighted by molar-refractivity contribution is -0.120. The Kier molecular flexibility index (Phi) is 5.66. The van der Waals surface area contributed by atoms with Crippen LogP contribution in [0, 0.1) is 0 Å². The minimum Gasteiger partial charge on any atom is -0.391 e. The summed E-state index contributed by atoms with van der Waals surface area (Å²) in [5, 5.41) is 13.9. The number of Topliss-reactive ketones (excluding diaryl/α,β-unsaturated/α-hetero) is 1. The van der Waals surface area contributed by atoms with E-state index in [-0.39, 0.29) is 30.3 Å². The Hall–Kier alpha value is -1.96. The van der Waals surface area contributed by atoms with Gasteiger partial charge in [0.05, 0.1) is 40.6 Å². The number of hydrogen-bond donors (Lipinski definition) is 2. The second-order valence-electron chi connectivity index (χ2n) is 7.71. The number of aromatic nitrogens is 2. The Balaban J connectivity index is 1.56. The van der Waals surface area contributed by atoms with E-state index in [0.717, 1.165) is 31.6 Å². The summed E-state index contributed by atoms with van der Waals surface area (Å²) >= 11 is 6.48. The van der Waals surface area contributed by atoms with Crippen molar-refractivity contribution < 1.29 is 9.90 Å². The third kappa shape index (κ3) is 3.92. The highest BCUT2D eigenvalue weighted by molar-refractivity contribution is 6.34. The van der Waals surface area contributed by atoms with Gasteiger partial charge in [-0.3, -0.25) is 14.2 Å². The molecule has 2 unspecified atom stereocenters. The number of benzene rings is 1. The van der Waals surface area contributed by atoms with E-state index >= 15 is 0 Å². The van der Waals surface area contributed by atoms with Crippen molar-refractivity contribution in [1.82, 2.24) is 14.9 Å². The Morgan fingerprint density at radius 3 is 2.79 bits per heavy atom. The number of fused-ring (bicyclic) bond motifs is 1. The smallest absolute Gasteiger partial charge is 0.261 e. The first-order valence-corrected chi connectivity index (χ1v) is 10.3. The lowest BCUT2D eigenvalue weighted by Crippen LogP contribution is -2.34. The summed E-state index contributed by atoms with van der Waals surface area (Å²) in [6.45, 7) is 2.56. The molecule has 2 N–H and O–H groups in total. The second kappa shape index (κ2) is 8.19. The first kappa shape index (κ1) is 19.4. The van der Waals surface area contributed by atoms with Crippen LogP contribution in [0.2, 0.25) is 5.02 Å². The monoisotopic (exact) mass is 404 g/mol. The van der Waals surface area contributed by atoms with Gasteiger partial charge in [-0.1, -0.05) is 11.6 Å². The number of piperidine rings is 1. The molecule has 0 saturated carbocycles. The number of ketones is 1. The summed E-state index contributed by atoms with van der Waals surface area (Å²) in [7, 11) is 0. The number of hydrogen-bond acceptors (Lipinski definition) is 6. The van der Waals surface area contributed by atoms with Crippen molar-refractivity contribution >= 4 is 34.0 Å². The number of nitrogens with one attached hydrogen (secondary N) is 1. The average molecular weight is 405 g/mol. The quantitative estimate of drug-likeness (QED) is 0.789. The van der Waals surface area contributed by atoms with Crippen molar-refractivity contribution in [3.63, 3.8) is 0 Å². The van der Waals surface area contributed by atoms with Crippen molar-refractivity contribution in [2.75, 3.05) is 24.5 Å². The fourth-order valence-corrected chi connectivity index (χ4v) is 4.40. The van der Waals surface area contributed by atoms with Crippen molar-refractivity contribution in [3.8, 4) is 0 Å². The number of carbonyl (C=O) groups excluding carboxylic acids is 1. The summed E-state index contributed by atoms with van der Waals surface area (Å²) in [5.41, 5.74) is 1.23. The highest BCUT2D eigenvalue weighted by atomic mass is 35.5. The maximum atomic E-state index is 12.8. The van der Waals surface area contributed by atoms with Crippen LogP contribution in [0.1, 0.15) is 32.1 Å². The molecule has 7 nitrogen and oxygen atoms in total. The van der Waals surface area contributed by atoms with E-state index in [9.17, 15) is 14.7 Å². The van der Waals surface area contributed by atoms with E-state index in [4.69, 9.17) is 11.6 Å². The van der Waals surface area contributed by atoms with Crippen LogP contribution in [0.15, 0.2) is 23.3 Å². The van der Waals surface area contributed by atoms with E-state index in [1.54, 1.807) is 6.07 Å². The molecule has 0 radical (unpaired) electrons. The van der Waals surface area contributed by atoms with Gasteiger partial charge in [0.2, 0.25) is 0 Å². The van der Waals surface area contributed by atoms with Crippen molar-refractivity contribution in [1.29, 1.82) is 0 Å². The third-order valence-corrected chi connectivity index (χ3v) is 6.00. The zero-order chi connectivity index (χ0) is 19.7. The van der Waals surface area contributed by atoms with Gasteiger partial charge in [0.25, 0.3) is 5.56 Å². The number of carbonyl (C=O) groups is 1. The molecule has 8 heteroatoms. The third-order valence-electron chi connectivity index (χ3n) is 5.69. The van der Waals surface area contributed by atoms with Crippen LogP contribution in [0.3, 0.4) is 0 Å². The SMILES string of the molecule is O=C(CC1NCCC1O)Cn1cnc2cc(N3CCCCC3)c(Cl)cc2c1=O. The first-order chi connectivity index (χ1) is 13.5. The Morgan fingerprint density at radius 1 is 1.29 bits per heavy atom. The Labute approximate surface area is 168 Å². The molecular formula is C20H25ClN4O3. The van der Waals surface area contributed by atoms with Crippen LogP contribution < -0.4 is 15.8 Å². The highest BCUT2D eigenvalue weighted by Crippen LogP contribution is 2.31. The maximum Gasteiger partial charge on any atom is 0.261 e. The van der Waals surface area contributed by atoms with Gasteiger partial charge in [-0.15, -0.1) is 0 Å². The summed E-state index contributed by atoms with van der Waals surface area (Å²) in [5.74, 6) is -0.113. The van der Waals surface area contributed by atoms with Gasteiger partial charge in [-0.25, -0.2) is 4.98 Å². The molecule has 2 atom stereocenters. The number of aliphatic hydroxyl groups is 1. The molecule has 0 bridgehead atoms. The predicted molar refractivity (Wildman–Crippen MR) is 109 cm³/mol. The largest absolute Gasteiger partial charge is 0.391 e. The standard InChI is InChI=1S/C20H25ClN4O3/c21-15-9-14-16(10-18(15)24-6-2-1-3-7-24)23-12-25(20(14)28)11-13(26)8-17-19(27)4-5-22-17/h9-10,12,17,19,22,27H,1-8,11H2. The number of aliphatic hydroxyl groups excluding tert-OH is 1. The van der Waals surface area contributed by atoms with Gasteiger partial charge >= 0.3 is 0 Å². The van der Waals surface area contributed by atoms with Gasteiger partial charge in [-0.2, -0.15) is 0 Å². The summed E-state index contributed by atoms with van der Waals surface area (Å²) in [4.78, 5) is 31.8. The normalized spacial score (nSPS) is 22.7. The van der Waals surface area contributed by atoms with E-state index in [1.807, 2.05) is 6.07 Å². The second-order valence-corrected chi connectivity index (χ2v) is 8.11. The van der Waals surface area contributed by atoms with Gasteiger partial charge in [0.1, 0.15) is 0 Å². The Bertz CT molecular complexity index is 939. The lowest BCUT2D eigenvalue weighted by atomic mass is 10.1. The lowest BCUT2D eigenvalue weighted by Gasteiger charge is -2.29. The summed E-state index contributed by atoms with van der Waals surface area (Å²) in [6, 6.07) is 3.30. The zero-order valence-electron chi connectivity index (χ0n) is 15.7. The Morgan fingerprint density at radius 2 is 2.07 bits per heavy atom. The van der Waals surface area contributed by atoms with Crippen LogP contribution in [-0.4, -0.2) is 52.2 Å². The molecule has 0 amide bonds. The van der Waals surface area contributed by atoms with Crippen molar-refractivity contribution in [2.24, 2.45) is 0 Å². The molecule has 0 aliphatic carbocycles. The fourth-order valence-electron chi connectivity index (χ4n) is 4.12. The summed E-state index contributed by atoms with van der Waals surface area (Å²) in [6.07, 6.45) is 5.25. The van der Waals surface area contributed by atoms with E-state index in [1.165, 1.54) is 17.3 Å². The molecule has 2 aliphatic heterocycles. The molecule has 3 heterocycles. The van der Waals surface area contributed by atoms with Gasteiger partial charge in [0.15, 0.2) is 5.78 Å². The molecule has 1 aromatic heterocycles. The number of halogens is 1. The average Bonchev–Trinajstić information content (AvgIpc) is 3.09.